The molecular formula is C42H51IO8. The molecule has 8 rings (SSSR count). The van der Waals surface area contributed by atoms with Crippen LogP contribution in [-0.2, 0) is 51.1 Å². The molecule has 0 aliphatic carbocycles. The van der Waals surface area contributed by atoms with E-state index in [4.69, 9.17) is 37.9 Å². The second kappa shape index (κ2) is 14.6. The van der Waals surface area contributed by atoms with Crippen molar-refractivity contribution in [2.45, 2.75) is 134 Å². The first-order chi connectivity index (χ1) is 24.4. The van der Waals surface area contributed by atoms with Gasteiger partial charge in [0, 0.05) is 4.43 Å². The van der Waals surface area contributed by atoms with Gasteiger partial charge in [0.2, 0.25) is 0 Å². The molecule has 9 heteroatoms. The molecule has 0 N–H and O–H groups in total. The molecule has 4 saturated heterocycles. The molecule has 0 unspecified atom stereocenters. The minimum atomic E-state index is -0.634. The van der Waals surface area contributed by atoms with Crippen LogP contribution in [0.2, 0.25) is 0 Å². The van der Waals surface area contributed by atoms with Gasteiger partial charge in [-0.05, 0) is 92.3 Å². The van der Waals surface area contributed by atoms with Crippen LogP contribution in [0, 0.1) is 0 Å². The monoisotopic (exact) mass is 810 g/mol. The molecule has 0 saturated carbocycles. The van der Waals surface area contributed by atoms with Gasteiger partial charge in [0.15, 0.2) is 24.2 Å². The van der Waals surface area contributed by atoms with Crippen LogP contribution in [0.1, 0.15) is 72.4 Å². The number of hydrogen-bond acceptors (Lipinski definition) is 8. The number of halogens is 1. The standard InChI is InChI=1S/C21H25IO4.C21H26O4/c1-4-21(13-22)18(17-19(26-21)25-20(2,3)24-17)23-12-14-9-10-15-7-5-6-8-16(15)11-14;1-5-21(4)18(17-19(25-21)24-20(2,3)23-17)22-13-14-10-11-15-8-6-7-9-16(15)12-14/h5-11,17-19H,4,12-13H2,1-3H3;6-12,17-19H,5,13H2,1-4H3/t17-,18+,19+,21+;17-,18+,19+,21-/m11/s1. The maximum absolute atomic E-state index is 6.41. The second-order valence-electron chi connectivity index (χ2n) is 15.2. The van der Waals surface area contributed by atoms with E-state index >= 15 is 0 Å². The van der Waals surface area contributed by atoms with Crippen molar-refractivity contribution in [3.63, 3.8) is 0 Å². The Balaban J connectivity index is 0.000000159. The van der Waals surface area contributed by atoms with Crippen LogP contribution < -0.4 is 0 Å². The van der Waals surface area contributed by atoms with Gasteiger partial charge < -0.3 is 37.9 Å². The maximum atomic E-state index is 6.41. The highest BCUT2D eigenvalue weighted by atomic mass is 127. The Morgan fingerprint density at radius 2 is 1.02 bits per heavy atom. The predicted octanol–water partition coefficient (Wildman–Crippen LogP) is 9.22. The predicted molar refractivity (Wildman–Crippen MR) is 205 cm³/mol. The number of alkyl halides is 1. The quantitative estimate of drug-likeness (QED) is 0.123. The Hall–Kier alpha value is -2.19. The van der Waals surface area contributed by atoms with Crippen molar-refractivity contribution < 1.29 is 37.9 Å². The molecule has 8 atom stereocenters. The van der Waals surface area contributed by atoms with E-state index < -0.39 is 17.2 Å². The average Bonchev–Trinajstić information content (AvgIpc) is 3.77. The Morgan fingerprint density at radius 1 is 0.549 bits per heavy atom. The molecule has 4 aliphatic heterocycles. The number of hydrogen-bond donors (Lipinski definition) is 0. The summed E-state index contributed by atoms with van der Waals surface area (Å²) in [4.78, 5) is 0. The van der Waals surface area contributed by atoms with Crippen LogP contribution in [0.25, 0.3) is 21.5 Å². The van der Waals surface area contributed by atoms with Gasteiger partial charge in [0.25, 0.3) is 0 Å². The zero-order valence-corrected chi connectivity index (χ0v) is 32.9. The molecule has 0 spiro atoms. The van der Waals surface area contributed by atoms with E-state index in [0.717, 1.165) is 28.4 Å². The lowest BCUT2D eigenvalue weighted by molar-refractivity contribution is -0.241. The van der Waals surface area contributed by atoms with Gasteiger partial charge in [-0.2, -0.15) is 0 Å². The first kappa shape index (κ1) is 37.1. The van der Waals surface area contributed by atoms with Crippen LogP contribution >= 0.6 is 22.6 Å². The van der Waals surface area contributed by atoms with Crippen LogP contribution in [-0.4, -0.2) is 64.2 Å². The molecule has 4 aromatic rings. The third-order valence-electron chi connectivity index (χ3n) is 10.6. The van der Waals surface area contributed by atoms with Crippen LogP contribution in [0.4, 0.5) is 0 Å². The summed E-state index contributed by atoms with van der Waals surface area (Å²) in [6.07, 6.45) is 0.287. The van der Waals surface area contributed by atoms with Crippen molar-refractivity contribution in [3.05, 3.63) is 96.1 Å². The lowest BCUT2D eigenvalue weighted by Gasteiger charge is -2.34. The minimum absolute atomic E-state index is 0.150. The summed E-state index contributed by atoms with van der Waals surface area (Å²) in [5, 5.41) is 4.93. The fourth-order valence-electron chi connectivity index (χ4n) is 7.70. The number of benzene rings is 4. The highest BCUT2D eigenvalue weighted by Gasteiger charge is 2.62. The summed E-state index contributed by atoms with van der Waals surface area (Å²) in [5.74, 6) is -1.26. The molecular weight excluding hydrogens is 759 g/mol. The topological polar surface area (TPSA) is 73.8 Å². The van der Waals surface area contributed by atoms with E-state index in [-0.39, 0.29) is 42.6 Å². The van der Waals surface area contributed by atoms with E-state index in [1.807, 2.05) is 27.7 Å². The molecule has 0 amide bonds. The average molecular weight is 811 g/mol. The summed E-state index contributed by atoms with van der Waals surface area (Å²) in [6, 6.07) is 29.6. The number of rotatable bonds is 9. The smallest absolute Gasteiger partial charge is 0.190 e. The molecule has 8 nitrogen and oxygen atoms in total. The van der Waals surface area contributed by atoms with Gasteiger partial charge in [0.1, 0.15) is 30.0 Å². The first-order valence-corrected chi connectivity index (χ1v) is 19.7. The fourth-order valence-corrected chi connectivity index (χ4v) is 8.86. The van der Waals surface area contributed by atoms with Gasteiger partial charge in [-0.15, -0.1) is 0 Å². The normalized spacial score (nSPS) is 33.3. The highest BCUT2D eigenvalue weighted by Crippen LogP contribution is 2.47. The SMILES string of the molecule is CC[C@@]1(C)O[C@@H]2OC(C)(C)O[C@@H]2[C@@H]1OCc1ccc2ccccc2c1.CC[C@@]1(CI)O[C@@H]2OC(C)(C)O[C@@H]2[C@@H]1OCc1ccc2ccccc2c1. The van der Waals surface area contributed by atoms with E-state index in [1.165, 1.54) is 21.5 Å². The van der Waals surface area contributed by atoms with Gasteiger partial charge in [-0.3, -0.25) is 0 Å². The van der Waals surface area contributed by atoms with Crippen molar-refractivity contribution in [1.29, 1.82) is 0 Å². The van der Waals surface area contributed by atoms with Gasteiger partial charge in [-0.25, -0.2) is 0 Å². The molecule has 0 radical (unpaired) electrons. The molecule has 4 fully saturated rings. The molecule has 51 heavy (non-hydrogen) atoms. The van der Waals surface area contributed by atoms with E-state index in [2.05, 4.69) is 128 Å². The Labute approximate surface area is 315 Å². The second-order valence-corrected chi connectivity index (χ2v) is 16.0. The lowest BCUT2D eigenvalue weighted by Crippen LogP contribution is -2.47. The Morgan fingerprint density at radius 3 is 1.51 bits per heavy atom. The van der Waals surface area contributed by atoms with Gasteiger partial charge >= 0.3 is 0 Å². The molecule has 4 aromatic carbocycles. The van der Waals surface area contributed by atoms with Crippen molar-refractivity contribution in [1.82, 2.24) is 0 Å². The Bertz CT molecular complexity index is 1820. The fraction of sp³-hybridized carbons (Fsp3) is 0.524. The van der Waals surface area contributed by atoms with E-state index in [1.54, 1.807) is 0 Å². The zero-order chi connectivity index (χ0) is 36.0. The van der Waals surface area contributed by atoms with Crippen LogP contribution in [0.15, 0.2) is 84.9 Å². The molecule has 274 valence electrons. The first-order valence-electron chi connectivity index (χ1n) is 18.2. The summed E-state index contributed by atoms with van der Waals surface area (Å²) in [7, 11) is 0. The van der Waals surface area contributed by atoms with Crippen LogP contribution in [0.3, 0.4) is 0 Å². The summed E-state index contributed by atoms with van der Waals surface area (Å²) in [5.41, 5.74) is 1.54. The lowest BCUT2D eigenvalue weighted by atomic mass is 9.94. The van der Waals surface area contributed by atoms with Gasteiger partial charge in [-0.1, -0.05) is 109 Å². The van der Waals surface area contributed by atoms with Crippen molar-refractivity contribution >= 4 is 44.1 Å². The van der Waals surface area contributed by atoms with Crippen LogP contribution in [0.5, 0.6) is 0 Å². The van der Waals surface area contributed by atoms with E-state index in [0.29, 0.717) is 13.2 Å². The highest BCUT2D eigenvalue weighted by molar-refractivity contribution is 14.1. The number of fused-ring (bicyclic) bond motifs is 4. The summed E-state index contributed by atoms with van der Waals surface area (Å²) >= 11 is 2.38. The van der Waals surface area contributed by atoms with Gasteiger partial charge in [0.05, 0.1) is 18.8 Å². The maximum Gasteiger partial charge on any atom is 0.190 e. The minimum Gasteiger partial charge on any atom is -0.368 e. The van der Waals surface area contributed by atoms with Crippen molar-refractivity contribution in [3.8, 4) is 0 Å². The van der Waals surface area contributed by atoms with Crippen molar-refractivity contribution in [2.75, 3.05) is 4.43 Å². The summed E-state index contributed by atoms with van der Waals surface area (Å²) in [6.45, 7) is 15.1. The molecule has 0 aromatic heterocycles. The summed E-state index contributed by atoms with van der Waals surface area (Å²) < 4.78 is 50.0. The molecule has 4 aliphatic rings. The number of ether oxygens (including phenoxy) is 8. The van der Waals surface area contributed by atoms with E-state index in [9.17, 15) is 0 Å². The van der Waals surface area contributed by atoms with Crippen molar-refractivity contribution in [2.24, 2.45) is 0 Å². The largest absolute Gasteiger partial charge is 0.368 e. The molecule has 0 bridgehead atoms. The molecule has 4 heterocycles. The third-order valence-corrected chi connectivity index (χ3v) is 11.9. The third kappa shape index (κ3) is 7.61. The Kier molecular flexibility index (Phi) is 10.6. The zero-order valence-electron chi connectivity index (χ0n) is 30.7.